The molecule has 6 nitrogen and oxygen atoms in total. The number of fused-ring (bicyclic) bond motifs is 3. The summed E-state index contributed by atoms with van der Waals surface area (Å²) in [5.41, 5.74) is -6.84. The van der Waals surface area contributed by atoms with Crippen LogP contribution >= 0.6 is 0 Å². The third kappa shape index (κ3) is 3.28. The maximum absolute atomic E-state index is 12.9. The first kappa shape index (κ1) is 20.0. The normalized spacial score (nSPS) is 15.6. The molecule has 0 aromatic heterocycles. The number of halogens is 3. The van der Waals surface area contributed by atoms with Crippen LogP contribution < -0.4 is 8.92 Å². The number of carbonyl (C=O) groups excluding carboxylic acids is 1. The van der Waals surface area contributed by atoms with Gasteiger partial charge in [-0.15, -0.1) is 0 Å². The van der Waals surface area contributed by atoms with Gasteiger partial charge in [0, 0.05) is 16.3 Å². The van der Waals surface area contributed by atoms with Gasteiger partial charge in [-0.2, -0.15) is 21.6 Å². The molecule has 2 aromatic rings. The van der Waals surface area contributed by atoms with E-state index in [0.717, 1.165) is 7.11 Å². The Kier molecular flexibility index (Phi) is 4.57. The maximum Gasteiger partial charge on any atom is 0.534 e. The summed E-state index contributed by atoms with van der Waals surface area (Å²) in [6.45, 7) is 3.50. The predicted molar refractivity (Wildman–Crippen MR) is 94.6 cm³/mol. The number of hydrogen-bond acceptors (Lipinski definition) is 6. The Balaban J connectivity index is 2.42. The maximum atomic E-state index is 12.9. The van der Waals surface area contributed by atoms with Gasteiger partial charge >= 0.3 is 21.6 Å². The van der Waals surface area contributed by atoms with Crippen LogP contribution in [0.5, 0.6) is 11.5 Å². The van der Waals surface area contributed by atoms with Gasteiger partial charge in [0.25, 0.3) is 0 Å². The molecule has 1 aliphatic rings. The molecule has 0 unspecified atom stereocenters. The first-order valence-electron chi connectivity index (χ1n) is 7.94. The van der Waals surface area contributed by atoms with E-state index in [2.05, 4.69) is 8.92 Å². The van der Waals surface area contributed by atoms with E-state index in [1.54, 1.807) is 26.0 Å². The van der Waals surface area contributed by atoms with E-state index in [4.69, 9.17) is 4.74 Å². The van der Waals surface area contributed by atoms with Crippen molar-refractivity contribution in [3.8, 4) is 11.5 Å². The van der Waals surface area contributed by atoms with Crippen LogP contribution in [0.15, 0.2) is 30.3 Å². The third-order valence-electron chi connectivity index (χ3n) is 4.04. The van der Waals surface area contributed by atoms with Crippen molar-refractivity contribution in [1.82, 2.24) is 0 Å². The van der Waals surface area contributed by atoms with E-state index in [1.807, 2.05) is 0 Å². The number of rotatable bonds is 3. The lowest BCUT2D eigenvalue weighted by Crippen LogP contribution is -2.30. The minimum absolute atomic E-state index is 0.0411. The summed E-state index contributed by atoms with van der Waals surface area (Å²) < 4.78 is 77.0. The van der Waals surface area contributed by atoms with Crippen LogP contribution in [-0.2, 0) is 14.9 Å². The molecule has 0 fully saturated rings. The zero-order chi connectivity index (χ0) is 20.9. The van der Waals surface area contributed by atoms with Gasteiger partial charge in [-0.3, -0.25) is 0 Å². The van der Waals surface area contributed by atoms with Gasteiger partial charge in [0.1, 0.15) is 16.9 Å². The highest BCUT2D eigenvalue weighted by Gasteiger charge is 2.49. The topological polar surface area (TPSA) is 78.9 Å². The van der Waals surface area contributed by atoms with Crippen molar-refractivity contribution >= 4 is 32.9 Å². The highest BCUT2D eigenvalue weighted by Crippen LogP contribution is 2.46. The van der Waals surface area contributed by atoms with Crippen LogP contribution in [-0.4, -0.2) is 32.6 Å². The molecule has 0 spiro atoms. The number of methoxy groups -OCH3 is 1. The van der Waals surface area contributed by atoms with Crippen molar-refractivity contribution < 1.29 is 40.0 Å². The van der Waals surface area contributed by atoms with Crippen molar-refractivity contribution in [3.63, 3.8) is 0 Å². The Bertz CT molecular complexity index is 1100. The Labute approximate surface area is 158 Å². The van der Waals surface area contributed by atoms with E-state index in [-0.39, 0.29) is 22.1 Å². The number of alkyl halides is 3. The number of benzene rings is 2. The minimum Gasteiger partial charge on any atom is -0.482 e. The standard InChI is InChI=1S/C18H15F3O6S/c1-17(2)9-8-12-13(16(22)25-3)15(27-28(23,24)18(19,20)21)11-7-5-4-6-10(11)14(12)26-17/h4-9H,1-3H3. The number of ether oxygens (including phenoxy) is 2. The molecular formula is C18H15F3O6S. The van der Waals surface area contributed by atoms with Gasteiger partial charge in [-0.25, -0.2) is 4.79 Å². The smallest absolute Gasteiger partial charge is 0.482 e. The molecule has 28 heavy (non-hydrogen) atoms. The van der Waals surface area contributed by atoms with Crippen molar-refractivity contribution in [2.45, 2.75) is 25.0 Å². The van der Waals surface area contributed by atoms with Gasteiger partial charge in [0.05, 0.1) is 7.11 Å². The second kappa shape index (κ2) is 6.40. The molecule has 0 saturated carbocycles. The molecular weight excluding hydrogens is 401 g/mol. The van der Waals surface area contributed by atoms with Gasteiger partial charge in [-0.05, 0) is 19.9 Å². The fourth-order valence-corrected chi connectivity index (χ4v) is 3.28. The summed E-state index contributed by atoms with van der Waals surface area (Å²) in [5, 5.41) is 0.246. The molecule has 0 bridgehead atoms. The quantitative estimate of drug-likeness (QED) is 0.427. The molecule has 0 atom stereocenters. The van der Waals surface area contributed by atoms with Crippen LogP contribution in [0.2, 0.25) is 0 Å². The van der Waals surface area contributed by atoms with Crippen molar-refractivity contribution in [2.24, 2.45) is 0 Å². The minimum atomic E-state index is -6.03. The Hall–Kier alpha value is -2.75. The lowest BCUT2D eigenvalue weighted by atomic mass is 9.93. The fraction of sp³-hybridized carbons (Fsp3) is 0.278. The van der Waals surface area contributed by atoms with Crippen LogP contribution in [0.25, 0.3) is 16.8 Å². The zero-order valence-corrected chi connectivity index (χ0v) is 15.8. The van der Waals surface area contributed by atoms with Crippen molar-refractivity contribution in [1.29, 1.82) is 0 Å². The summed E-state index contributed by atoms with van der Waals surface area (Å²) in [4.78, 5) is 12.4. The summed E-state index contributed by atoms with van der Waals surface area (Å²) in [5.74, 6) is -1.63. The molecule has 0 saturated heterocycles. The zero-order valence-electron chi connectivity index (χ0n) is 15.0. The van der Waals surface area contributed by atoms with Gasteiger partial charge in [0.15, 0.2) is 5.75 Å². The number of hydrogen-bond donors (Lipinski definition) is 0. The summed E-state index contributed by atoms with van der Waals surface area (Å²) in [6, 6.07) is 5.92. The molecule has 150 valence electrons. The second-order valence-electron chi connectivity index (χ2n) is 6.51. The van der Waals surface area contributed by atoms with E-state index in [9.17, 15) is 26.4 Å². The third-order valence-corrected chi connectivity index (χ3v) is 4.99. The van der Waals surface area contributed by atoms with Crippen LogP contribution in [0.3, 0.4) is 0 Å². The predicted octanol–water partition coefficient (Wildman–Crippen LogP) is 4.04. The SMILES string of the molecule is COC(=O)c1c2c(c3ccccc3c1OS(=O)(=O)C(F)(F)F)OC(C)(C)C=C2. The Morgan fingerprint density at radius 1 is 1.14 bits per heavy atom. The lowest BCUT2D eigenvalue weighted by Gasteiger charge is -2.30. The van der Waals surface area contributed by atoms with Gasteiger partial charge < -0.3 is 13.7 Å². The summed E-state index contributed by atoms with van der Waals surface area (Å²) in [6.07, 6.45) is 3.04. The van der Waals surface area contributed by atoms with E-state index < -0.39 is 38.5 Å². The average Bonchev–Trinajstić information content (AvgIpc) is 2.60. The van der Waals surface area contributed by atoms with Crippen LogP contribution in [0, 0.1) is 0 Å². The number of carbonyl (C=O) groups is 1. The fourth-order valence-electron chi connectivity index (χ4n) is 2.79. The second-order valence-corrected chi connectivity index (χ2v) is 8.04. The molecule has 1 heterocycles. The Morgan fingerprint density at radius 2 is 1.75 bits per heavy atom. The monoisotopic (exact) mass is 416 g/mol. The first-order valence-corrected chi connectivity index (χ1v) is 9.35. The van der Waals surface area contributed by atoms with E-state index in [0.29, 0.717) is 0 Å². The summed E-state index contributed by atoms with van der Waals surface area (Å²) in [7, 11) is -5.01. The molecule has 0 aliphatic carbocycles. The summed E-state index contributed by atoms with van der Waals surface area (Å²) >= 11 is 0. The van der Waals surface area contributed by atoms with Crippen LogP contribution in [0.4, 0.5) is 13.2 Å². The van der Waals surface area contributed by atoms with E-state index >= 15 is 0 Å². The van der Waals surface area contributed by atoms with Crippen molar-refractivity contribution in [3.05, 3.63) is 41.5 Å². The molecule has 0 radical (unpaired) electrons. The molecule has 2 aromatic carbocycles. The first-order chi connectivity index (χ1) is 12.9. The van der Waals surface area contributed by atoms with E-state index in [1.165, 1.54) is 24.3 Å². The molecule has 1 aliphatic heterocycles. The van der Waals surface area contributed by atoms with Gasteiger partial charge in [-0.1, -0.05) is 30.3 Å². The highest BCUT2D eigenvalue weighted by molar-refractivity contribution is 7.88. The highest BCUT2D eigenvalue weighted by atomic mass is 32.2. The Morgan fingerprint density at radius 3 is 2.32 bits per heavy atom. The van der Waals surface area contributed by atoms with Crippen LogP contribution in [0.1, 0.15) is 29.8 Å². The molecule has 10 heteroatoms. The lowest BCUT2D eigenvalue weighted by molar-refractivity contribution is -0.0500. The average molecular weight is 416 g/mol. The molecule has 0 amide bonds. The van der Waals surface area contributed by atoms with Gasteiger partial charge in [0.2, 0.25) is 0 Å². The molecule has 0 N–H and O–H groups in total. The molecule has 3 rings (SSSR count). The van der Waals surface area contributed by atoms with Crippen molar-refractivity contribution in [2.75, 3.05) is 7.11 Å². The number of esters is 1. The largest absolute Gasteiger partial charge is 0.534 e.